The Morgan fingerprint density at radius 1 is 1.39 bits per heavy atom. The minimum absolute atomic E-state index is 0.153. The Morgan fingerprint density at radius 2 is 2.00 bits per heavy atom. The van der Waals surface area contributed by atoms with E-state index < -0.39 is 17.3 Å². The van der Waals surface area contributed by atoms with Gasteiger partial charge in [-0.1, -0.05) is 0 Å². The van der Waals surface area contributed by atoms with E-state index in [4.69, 9.17) is 16.3 Å². The van der Waals surface area contributed by atoms with Gasteiger partial charge in [-0.05, 0) is 6.92 Å². The smallest absolute Gasteiger partial charge is 0.324 e. The normalized spacial score (nSPS) is 11.6. The van der Waals surface area contributed by atoms with Crippen LogP contribution in [0.1, 0.15) is 6.92 Å². The van der Waals surface area contributed by atoms with Gasteiger partial charge in [0.15, 0.2) is 0 Å². The maximum absolute atomic E-state index is 11.5. The SMILES string of the molecule is COCCNC(=O)CN(C)C(=O)NC(=O)C(C)Cl. The number of amides is 4. The molecule has 4 amide bonds. The van der Waals surface area contributed by atoms with E-state index in [1.807, 2.05) is 0 Å². The second kappa shape index (κ2) is 8.71. The number of imide groups is 1. The van der Waals surface area contributed by atoms with Crippen molar-refractivity contribution >= 4 is 29.4 Å². The molecule has 0 aliphatic carbocycles. The van der Waals surface area contributed by atoms with Crippen LogP contribution in [0.3, 0.4) is 0 Å². The Kier molecular flexibility index (Phi) is 8.06. The highest BCUT2D eigenvalue weighted by Crippen LogP contribution is 1.93. The minimum atomic E-state index is -0.808. The summed E-state index contributed by atoms with van der Waals surface area (Å²) in [7, 11) is 2.92. The third-order valence-corrected chi connectivity index (χ3v) is 2.15. The van der Waals surface area contributed by atoms with Gasteiger partial charge < -0.3 is 15.0 Å². The van der Waals surface area contributed by atoms with E-state index in [2.05, 4.69) is 10.6 Å². The van der Waals surface area contributed by atoms with Gasteiger partial charge in [-0.3, -0.25) is 14.9 Å². The van der Waals surface area contributed by atoms with Crippen LogP contribution < -0.4 is 10.6 Å². The van der Waals surface area contributed by atoms with Crippen molar-refractivity contribution in [1.82, 2.24) is 15.5 Å². The number of methoxy groups -OCH3 is 1. The van der Waals surface area contributed by atoms with Crippen molar-refractivity contribution < 1.29 is 19.1 Å². The third-order valence-electron chi connectivity index (χ3n) is 1.95. The van der Waals surface area contributed by atoms with E-state index in [0.717, 1.165) is 4.90 Å². The molecular weight excluding hydrogens is 262 g/mol. The van der Waals surface area contributed by atoms with Crippen molar-refractivity contribution in [2.45, 2.75) is 12.3 Å². The van der Waals surface area contributed by atoms with Crippen LogP contribution in [0, 0.1) is 0 Å². The van der Waals surface area contributed by atoms with E-state index in [0.29, 0.717) is 13.2 Å². The molecule has 1 unspecified atom stereocenters. The molecule has 0 saturated carbocycles. The topological polar surface area (TPSA) is 87.7 Å². The highest BCUT2D eigenvalue weighted by atomic mass is 35.5. The van der Waals surface area contributed by atoms with E-state index in [-0.39, 0.29) is 12.5 Å². The van der Waals surface area contributed by atoms with Gasteiger partial charge in [0.05, 0.1) is 6.61 Å². The van der Waals surface area contributed by atoms with Crippen molar-refractivity contribution in [2.75, 3.05) is 33.9 Å². The van der Waals surface area contributed by atoms with Gasteiger partial charge >= 0.3 is 6.03 Å². The van der Waals surface area contributed by atoms with E-state index >= 15 is 0 Å². The zero-order valence-corrected chi connectivity index (χ0v) is 11.4. The number of alkyl halides is 1. The van der Waals surface area contributed by atoms with Crippen LogP contribution in [0.2, 0.25) is 0 Å². The maximum atomic E-state index is 11.5. The average Bonchev–Trinajstić information content (AvgIpc) is 2.28. The first kappa shape index (κ1) is 16.7. The molecule has 0 aromatic carbocycles. The Labute approximate surface area is 111 Å². The predicted molar refractivity (Wildman–Crippen MR) is 66.4 cm³/mol. The molecule has 0 aliphatic heterocycles. The van der Waals surface area contributed by atoms with Crippen molar-refractivity contribution in [1.29, 1.82) is 0 Å². The number of carbonyl (C=O) groups is 3. The Hall–Kier alpha value is -1.34. The van der Waals surface area contributed by atoms with Gasteiger partial charge in [0.2, 0.25) is 11.8 Å². The highest BCUT2D eigenvalue weighted by molar-refractivity contribution is 6.31. The van der Waals surface area contributed by atoms with Gasteiger partial charge in [-0.15, -0.1) is 11.6 Å². The Balaban J connectivity index is 4.00. The number of carbonyl (C=O) groups excluding carboxylic acids is 3. The minimum Gasteiger partial charge on any atom is -0.383 e. The van der Waals surface area contributed by atoms with Gasteiger partial charge in [0.25, 0.3) is 0 Å². The molecule has 7 nitrogen and oxygen atoms in total. The molecule has 0 aliphatic rings. The van der Waals surface area contributed by atoms with Gasteiger partial charge in [0, 0.05) is 20.7 Å². The molecule has 0 bridgehead atoms. The number of rotatable bonds is 6. The fourth-order valence-electron chi connectivity index (χ4n) is 0.936. The van der Waals surface area contributed by atoms with Gasteiger partial charge in [-0.25, -0.2) is 4.79 Å². The molecule has 8 heteroatoms. The quantitative estimate of drug-likeness (QED) is 0.509. The van der Waals surface area contributed by atoms with Crippen LogP contribution in [0.15, 0.2) is 0 Å². The second-order valence-corrected chi connectivity index (χ2v) is 4.26. The van der Waals surface area contributed by atoms with E-state index in [1.165, 1.54) is 21.1 Å². The molecule has 0 aromatic rings. The first-order valence-electron chi connectivity index (χ1n) is 5.34. The average molecular weight is 280 g/mol. The molecule has 0 heterocycles. The van der Waals surface area contributed by atoms with Crippen molar-refractivity contribution in [2.24, 2.45) is 0 Å². The predicted octanol–water partition coefficient (Wildman–Crippen LogP) is -0.456. The number of nitrogens with zero attached hydrogens (tertiary/aromatic N) is 1. The van der Waals surface area contributed by atoms with Crippen LogP contribution >= 0.6 is 11.6 Å². The molecule has 2 N–H and O–H groups in total. The summed E-state index contributed by atoms with van der Waals surface area (Å²) in [6.45, 7) is 2.05. The summed E-state index contributed by atoms with van der Waals surface area (Å²) in [5.41, 5.74) is 0. The summed E-state index contributed by atoms with van der Waals surface area (Å²) in [6.07, 6.45) is 0. The molecule has 0 saturated heterocycles. The molecule has 1 atom stereocenters. The summed E-state index contributed by atoms with van der Waals surface area (Å²) < 4.78 is 4.76. The number of nitrogens with one attached hydrogen (secondary N) is 2. The summed E-state index contributed by atoms with van der Waals surface area (Å²) in [5, 5.41) is 3.80. The van der Waals surface area contributed by atoms with Crippen LogP contribution in [0.5, 0.6) is 0 Å². The summed E-state index contributed by atoms with van der Waals surface area (Å²) >= 11 is 5.49. The summed E-state index contributed by atoms with van der Waals surface area (Å²) in [5.74, 6) is -0.940. The first-order valence-corrected chi connectivity index (χ1v) is 5.77. The molecule has 0 rings (SSSR count). The molecular formula is C10H18ClN3O4. The largest absolute Gasteiger partial charge is 0.383 e. The molecule has 18 heavy (non-hydrogen) atoms. The highest BCUT2D eigenvalue weighted by Gasteiger charge is 2.17. The van der Waals surface area contributed by atoms with Crippen LogP contribution in [0.25, 0.3) is 0 Å². The number of hydrogen-bond acceptors (Lipinski definition) is 4. The summed E-state index contributed by atoms with van der Waals surface area (Å²) in [4.78, 5) is 35.0. The zero-order valence-electron chi connectivity index (χ0n) is 10.7. The number of likely N-dealkylation sites (N-methyl/N-ethyl adjacent to an activating group) is 1. The van der Waals surface area contributed by atoms with Crippen molar-refractivity contribution in [3.63, 3.8) is 0 Å². The lowest BCUT2D eigenvalue weighted by atomic mass is 10.4. The molecule has 0 aromatic heterocycles. The van der Waals surface area contributed by atoms with Gasteiger partial charge in [0.1, 0.15) is 11.9 Å². The lowest BCUT2D eigenvalue weighted by molar-refractivity contribution is -0.122. The number of ether oxygens (including phenoxy) is 1. The van der Waals surface area contributed by atoms with E-state index in [1.54, 1.807) is 0 Å². The monoisotopic (exact) mass is 279 g/mol. The molecule has 0 spiro atoms. The van der Waals surface area contributed by atoms with Gasteiger partial charge in [-0.2, -0.15) is 0 Å². The number of hydrogen-bond donors (Lipinski definition) is 2. The maximum Gasteiger partial charge on any atom is 0.324 e. The van der Waals surface area contributed by atoms with Crippen LogP contribution in [-0.4, -0.2) is 62.0 Å². The number of halogens is 1. The molecule has 0 fully saturated rings. The van der Waals surface area contributed by atoms with Crippen LogP contribution in [-0.2, 0) is 14.3 Å². The molecule has 104 valence electrons. The fraction of sp³-hybridized carbons (Fsp3) is 0.700. The molecule has 0 radical (unpaired) electrons. The zero-order chi connectivity index (χ0) is 14.1. The van der Waals surface area contributed by atoms with Crippen molar-refractivity contribution in [3.05, 3.63) is 0 Å². The number of urea groups is 1. The second-order valence-electron chi connectivity index (χ2n) is 3.61. The standard InChI is InChI=1S/C10H18ClN3O4/c1-7(11)9(16)13-10(17)14(2)6-8(15)12-4-5-18-3/h7H,4-6H2,1-3H3,(H,12,15)(H,13,16,17). The Morgan fingerprint density at radius 3 is 2.50 bits per heavy atom. The Bertz CT molecular complexity index is 309. The lowest BCUT2D eigenvalue weighted by Crippen LogP contribution is -2.47. The first-order chi connectivity index (χ1) is 8.38. The van der Waals surface area contributed by atoms with Crippen molar-refractivity contribution in [3.8, 4) is 0 Å². The third kappa shape index (κ3) is 7.08. The fourth-order valence-corrected chi connectivity index (χ4v) is 0.990. The lowest BCUT2D eigenvalue weighted by Gasteiger charge is -2.17. The van der Waals surface area contributed by atoms with Crippen LogP contribution in [0.4, 0.5) is 4.79 Å². The summed E-state index contributed by atoms with van der Waals surface area (Å²) in [6, 6.07) is -0.672. The van der Waals surface area contributed by atoms with E-state index in [9.17, 15) is 14.4 Å².